The summed E-state index contributed by atoms with van der Waals surface area (Å²) in [6.45, 7) is 4.29. The Hall–Kier alpha value is -2.25. The molecule has 3 heterocycles. The molecule has 2 fully saturated rings. The first-order chi connectivity index (χ1) is 14.2. The predicted molar refractivity (Wildman–Crippen MR) is 107 cm³/mol. The maximum Gasteiger partial charge on any atom is 0.248 e. The Labute approximate surface area is 170 Å². The van der Waals surface area contributed by atoms with E-state index in [0.717, 1.165) is 31.5 Å². The maximum absolute atomic E-state index is 13.0. The van der Waals surface area contributed by atoms with Crippen molar-refractivity contribution < 1.29 is 18.4 Å². The van der Waals surface area contributed by atoms with Crippen molar-refractivity contribution >= 4 is 5.91 Å². The minimum Gasteiger partial charge on any atom is -0.365 e. The van der Waals surface area contributed by atoms with Gasteiger partial charge < -0.3 is 19.1 Å². The Morgan fingerprint density at radius 1 is 1.10 bits per heavy atom. The van der Waals surface area contributed by atoms with Gasteiger partial charge in [0.05, 0.1) is 6.61 Å². The van der Waals surface area contributed by atoms with Gasteiger partial charge in [-0.25, -0.2) is 4.39 Å². The molecule has 0 saturated carbocycles. The Morgan fingerprint density at radius 2 is 1.83 bits per heavy atom. The molecule has 1 aromatic carbocycles. The molecule has 29 heavy (non-hydrogen) atoms. The molecule has 2 aromatic rings. The average molecular weight is 401 g/mol. The van der Waals surface area contributed by atoms with Crippen LogP contribution in [0.5, 0.6) is 0 Å². The molecule has 0 aliphatic carbocycles. The molecule has 0 atom stereocenters. The minimum absolute atomic E-state index is 0.0318. The summed E-state index contributed by atoms with van der Waals surface area (Å²) in [4.78, 5) is 17.0. The summed E-state index contributed by atoms with van der Waals surface area (Å²) in [6.07, 6.45) is 6.06. The van der Waals surface area contributed by atoms with Crippen LogP contribution in [-0.4, -0.2) is 59.7 Å². The molecule has 7 heteroatoms. The maximum atomic E-state index is 13.0. The molecule has 1 aromatic heterocycles. The highest BCUT2D eigenvalue weighted by atomic mass is 19.1. The highest BCUT2D eigenvalue weighted by molar-refractivity contribution is 5.77. The number of halogens is 1. The number of hydrogen-bond acceptors (Lipinski definition) is 5. The van der Waals surface area contributed by atoms with Gasteiger partial charge in [-0.15, -0.1) is 0 Å². The van der Waals surface area contributed by atoms with E-state index < -0.39 is 0 Å². The first-order valence-corrected chi connectivity index (χ1v) is 10.5. The van der Waals surface area contributed by atoms with E-state index in [2.05, 4.69) is 10.1 Å². The van der Waals surface area contributed by atoms with Crippen molar-refractivity contribution in [2.75, 3.05) is 32.8 Å². The standard InChI is InChI=1S/C22H28FN3O3/c23-18-6-4-17(5-7-18)21-14-19(24-29-21)15-28-16-22(27)26-12-8-20(9-13-26)25-10-2-1-3-11-25/h4-7,14,20H,1-3,8-13,15-16H2. The van der Waals surface area contributed by atoms with Crippen LogP contribution < -0.4 is 0 Å². The van der Waals surface area contributed by atoms with E-state index in [1.54, 1.807) is 18.2 Å². The van der Waals surface area contributed by atoms with E-state index in [4.69, 9.17) is 9.26 Å². The third-order valence-electron chi connectivity index (χ3n) is 5.89. The van der Waals surface area contributed by atoms with Crippen LogP contribution in [-0.2, 0) is 16.1 Å². The number of amides is 1. The molecule has 0 spiro atoms. The van der Waals surface area contributed by atoms with Gasteiger partial charge in [0.2, 0.25) is 5.91 Å². The van der Waals surface area contributed by atoms with Gasteiger partial charge in [-0.05, 0) is 63.0 Å². The van der Waals surface area contributed by atoms with Crippen LogP contribution in [0, 0.1) is 5.82 Å². The first-order valence-electron chi connectivity index (χ1n) is 10.5. The SMILES string of the molecule is O=C(COCc1cc(-c2ccc(F)cc2)on1)N1CCC(N2CCCCC2)CC1. The average Bonchev–Trinajstić information content (AvgIpc) is 3.24. The van der Waals surface area contributed by atoms with Crippen LogP contribution in [0.4, 0.5) is 4.39 Å². The lowest BCUT2D eigenvalue weighted by atomic mass is 10.00. The second-order valence-corrected chi connectivity index (χ2v) is 7.89. The summed E-state index contributed by atoms with van der Waals surface area (Å²) in [6, 6.07) is 8.40. The molecule has 6 nitrogen and oxygen atoms in total. The fourth-order valence-electron chi connectivity index (χ4n) is 4.23. The number of aromatic nitrogens is 1. The van der Waals surface area contributed by atoms with E-state index in [1.807, 2.05) is 4.90 Å². The van der Waals surface area contributed by atoms with Crippen LogP contribution in [0.1, 0.15) is 37.8 Å². The van der Waals surface area contributed by atoms with Crippen molar-refractivity contribution in [2.24, 2.45) is 0 Å². The van der Waals surface area contributed by atoms with Gasteiger partial charge in [-0.1, -0.05) is 11.6 Å². The van der Waals surface area contributed by atoms with Gasteiger partial charge in [0.1, 0.15) is 18.1 Å². The van der Waals surface area contributed by atoms with Crippen molar-refractivity contribution in [3.63, 3.8) is 0 Å². The Kier molecular flexibility index (Phi) is 6.56. The summed E-state index contributed by atoms with van der Waals surface area (Å²) in [5, 5.41) is 3.96. The van der Waals surface area contributed by atoms with Gasteiger partial charge in [-0.3, -0.25) is 4.79 Å². The third kappa shape index (κ3) is 5.22. The molecular formula is C22H28FN3O3. The lowest BCUT2D eigenvalue weighted by Crippen LogP contribution is -2.48. The van der Waals surface area contributed by atoms with Crippen LogP contribution >= 0.6 is 0 Å². The van der Waals surface area contributed by atoms with Crippen molar-refractivity contribution in [1.29, 1.82) is 0 Å². The van der Waals surface area contributed by atoms with Crippen LogP contribution in [0.2, 0.25) is 0 Å². The first kappa shape index (κ1) is 20.0. The molecule has 0 bridgehead atoms. The highest BCUT2D eigenvalue weighted by Gasteiger charge is 2.27. The number of ether oxygens (including phenoxy) is 1. The van der Waals surface area contributed by atoms with Crippen LogP contribution in [0.15, 0.2) is 34.9 Å². The zero-order valence-corrected chi connectivity index (χ0v) is 16.7. The fraction of sp³-hybridized carbons (Fsp3) is 0.545. The van der Waals surface area contributed by atoms with E-state index in [-0.39, 0.29) is 24.9 Å². The van der Waals surface area contributed by atoms with E-state index >= 15 is 0 Å². The summed E-state index contributed by atoms with van der Waals surface area (Å²) in [5.74, 6) is 0.286. The largest absolute Gasteiger partial charge is 0.365 e. The van der Waals surface area contributed by atoms with Gasteiger partial charge in [0, 0.05) is 30.8 Å². The van der Waals surface area contributed by atoms with E-state index in [9.17, 15) is 9.18 Å². The number of carbonyl (C=O) groups excluding carboxylic acids is 1. The lowest BCUT2D eigenvalue weighted by molar-refractivity contribution is -0.138. The second kappa shape index (κ2) is 9.50. The van der Waals surface area contributed by atoms with Crippen LogP contribution in [0.25, 0.3) is 11.3 Å². The molecule has 2 aliphatic heterocycles. The number of hydrogen-bond donors (Lipinski definition) is 0. The zero-order valence-electron chi connectivity index (χ0n) is 16.7. The number of likely N-dealkylation sites (tertiary alicyclic amines) is 2. The predicted octanol–water partition coefficient (Wildman–Crippen LogP) is 3.47. The van der Waals surface area contributed by atoms with E-state index in [0.29, 0.717) is 17.5 Å². The molecule has 2 saturated heterocycles. The topological polar surface area (TPSA) is 58.8 Å². The summed E-state index contributed by atoms with van der Waals surface area (Å²) < 4.78 is 23.9. The monoisotopic (exact) mass is 401 g/mol. The Balaban J connectivity index is 1.19. The van der Waals surface area contributed by atoms with Gasteiger partial charge in [0.25, 0.3) is 0 Å². The Morgan fingerprint density at radius 3 is 2.55 bits per heavy atom. The van der Waals surface area contributed by atoms with Crippen molar-refractivity contribution in [3.05, 3.63) is 41.8 Å². The molecule has 1 amide bonds. The number of piperidine rings is 2. The smallest absolute Gasteiger partial charge is 0.248 e. The lowest BCUT2D eigenvalue weighted by Gasteiger charge is -2.40. The zero-order chi connectivity index (χ0) is 20.1. The number of rotatable bonds is 6. The Bertz CT molecular complexity index is 794. The third-order valence-corrected chi connectivity index (χ3v) is 5.89. The summed E-state index contributed by atoms with van der Waals surface area (Å²) >= 11 is 0. The van der Waals surface area contributed by atoms with Crippen molar-refractivity contribution in [2.45, 2.75) is 44.8 Å². The molecule has 0 N–H and O–H groups in total. The fourth-order valence-corrected chi connectivity index (χ4v) is 4.23. The summed E-state index contributed by atoms with van der Waals surface area (Å²) in [7, 11) is 0. The van der Waals surface area contributed by atoms with Crippen LogP contribution in [0.3, 0.4) is 0 Å². The van der Waals surface area contributed by atoms with E-state index in [1.165, 1.54) is 44.5 Å². The van der Waals surface area contributed by atoms with Gasteiger partial charge >= 0.3 is 0 Å². The molecular weight excluding hydrogens is 373 g/mol. The number of nitrogens with zero attached hydrogens (tertiary/aromatic N) is 3. The van der Waals surface area contributed by atoms with Crippen molar-refractivity contribution in [3.8, 4) is 11.3 Å². The highest BCUT2D eigenvalue weighted by Crippen LogP contribution is 2.22. The number of benzene rings is 1. The molecule has 156 valence electrons. The quantitative estimate of drug-likeness (QED) is 0.742. The van der Waals surface area contributed by atoms with Gasteiger partial charge in [0.15, 0.2) is 5.76 Å². The molecule has 0 unspecified atom stereocenters. The normalized spacial score (nSPS) is 18.9. The summed E-state index contributed by atoms with van der Waals surface area (Å²) in [5.41, 5.74) is 1.36. The minimum atomic E-state index is -0.296. The molecule has 4 rings (SSSR count). The van der Waals surface area contributed by atoms with Crippen molar-refractivity contribution in [1.82, 2.24) is 15.0 Å². The molecule has 2 aliphatic rings. The molecule has 0 radical (unpaired) electrons. The second-order valence-electron chi connectivity index (χ2n) is 7.89. The number of carbonyl (C=O) groups is 1. The van der Waals surface area contributed by atoms with Gasteiger partial charge in [-0.2, -0.15) is 0 Å².